The highest BCUT2D eigenvalue weighted by molar-refractivity contribution is 5.98. The number of nitrogens with one attached hydrogen (secondary N) is 2. The SMILES string of the molecule is Cc1cc(-c2nnc(NC(=O)Nc3ccc(C(C)(C)C)cc3)o2)c(C)o1. The molecule has 7 heteroatoms. The Morgan fingerprint density at radius 3 is 2.27 bits per heavy atom. The molecule has 2 aromatic heterocycles. The van der Waals surface area contributed by atoms with E-state index in [1.807, 2.05) is 44.2 Å². The first kappa shape index (κ1) is 17.7. The minimum absolute atomic E-state index is 0.0158. The lowest BCUT2D eigenvalue weighted by Gasteiger charge is -2.19. The molecule has 0 spiro atoms. The minimum Gasteiger partial charge on any atom is -0.466 e. The zero-order valence-electron chi connectivity index (χ0n) is 15.5. The average molecular weight is 354 g/mol. The monoisotopic (exact) mass is 354 g/mol. The van der Waals surface area contributed by atoms with Gasteiger partial charge in [-0.1, -0.05) is 38.0 Å². The largest absolute Gasteiger partial charge is 0.466 e. The molecule has 0 aliphatic carbocycles. The van der Waals surface area contributed by atoms with Crippen LogP contribution in [0.3, 0.4) is 0 Å². The molecule has 7 nitrogen and oxygen atoms in total. The lowest BCUT2D eigenvalue weighted by Crippen LogP contribution is -2.19. The smallest absolute Gasteiger partial charge is 0.327 e. The lowest BCUT2D eigenvalue weighted by molar-refractivity contribution is 0.261. The number of benzene rings is 1. The molecule has 2 amide bonds. The van der Waals surface area contributed by atoms with Crippen LogP contribution in [0, 0.1) is 13.8 Å². The zero-order valence-corrected chi connectivity index (χ0v) is 15.5. The number of aryl methyl sites for hydroxylation is 2. The fraction of sp³-hybridized carbons (Fsp3) is 0.316. The lowest BCUT2D eigenvalue weighted by atomic mass is 9.87. The molecule has 0 bridgehead atoms. The molecule has 0 radical (unpaired) electrons. The van der Waals surface area contributed by atoms with Gasteiger partial charge in [0.05, 0.1) is 5.56 Å². The Bertz CT molecular complexity index is 917. The van der Waals surface area contributed by atoms with Gasteiger partial charge in [-0.15, -0.1) is 5.10 Å². The van der Waals surface area contributed by atoms with Gasteiger partial charge in [0.1, 0.15) is 11.5 Å². The number of carbonyl (C=O) groups excluding carboxylic acids is 1. The van der Waals surface area contributed by atoms with Gasteiger partial charge in [0, 0.05) is 5.69 Å². The molecule has 0 saturated carbocycles. The molecule has 2 heterocycles. The molecule has 3 rings (SSSR count). The molecule has 0 aliphatic rings. The van der Waals surface area contributed by atoms with Crippen LogP contribution in [0.25, 0.3) is 11.5 Å². The van der Waals surface area contributed by atoms with Gasteiger partial charge in [-0.2, -0.15) is 0 Å². The number of hydrogen-bond acceptors (Lipinski definition) is 5. The Morgan fingerprint density at radius 1 is 1.00 bits per heavy atom. The summed E-state index contributed by atoms with van der Waals surface area (Å²) in [6.07, 6.45) is 0. The highest BCUT2D eigenvalue weighted by Crippen LogP contribution is 2.26. The van der Waals surface area contributed by atoms with Crippen molar-refractivity contribution in [3.63, 3.8) is 0 Å². The zero-order chi connectivity index (χ0) is 18.9. The van der Waals surface area contributed by atoms with Crippen molar-refractivity contribution in [1.29, 1.82) is 0 Å². The normalized spacial score (nSPS) is 11.4. The van der Waals surface area contributed by atoms with Crippen LogP contribution in [0.2, 0.25) is 0 Å². The number of urea groups is 1. The Balaban J connectivity index is 1.65. The van der Waals surface area contributed by atoms with Gasteiger partial charge in [-0.05, 0) is 43.0 Å². The maximum absolute atomic E-state index is 12.1. The second-order valence-corrected chi connectivity index (χ2v) is 7.15. The summed E-state index contributed by atoms with van der Waals surface area (Å²) in [6, 6.07) is 9.07. The van der Waals surface area contributed by atoms with E-state index in [-0.39, 0.29) is 11.4 Å². The van der Waals surface area contributed by atoms with Gasteiger partial charge in [-0.3, -0.25) is 5.32 Å². The third-order valence-corrected chi connectivity index (χ3v) is 3.93. The average Bonchev–Trinajstić information content (AvgIpc) is 3.12. The summed E-state index contributed by atoms with van der Waals surface area (Å²) >= 11 is 0. The summed E-state index contributed by atoms with van der Waals surface area (Å²) in [5.41, 5.74) is 2.64. The number of anilines is 2. The summed E-state index contributed by atoms with van der Waals surface area (Å²) in [5, 5.41) is 13.0. The van der Waals surface area contributed by atoms with E-state index in [2.05, 4.69) is 41.6 Å². The Kier molecular flexibility index (Phi) is 4.54. The molecule has 0 aliphatic heterocycles. The molecule has 0 fully saturated rings. The first-order valence-corrected chi connectivity index (χ1v) is 8.32. The van der Waals surface area contributed by atoms with Crippen LogP contribution in [-0.2, 0) is 5.41 Å². The van der Waals surface area contributed by atoms with Crippen molar-refractivity contribution in [3.05, 3.63) is 47.4 Å². The second-order valence-electron chi connectivity index (χ2n) is 7.15. The van der Waals surface area contributed by atoms with E-state index in [0.29, 0.717) is 22.9 Å². The van der Waals surface area contributed by atoms with E-state index in [9.17, 15) is 4.79 Å². The number of hydrogen-bond donors (Lipinski definition) is 2. The fourth-order valence-electron chi connectivity index (χ4n) is 2.54. The number of nitrogens with zero attached hydrogens (tertiary/aromatic N) is 2. The van der Waals surface area contributed by atoms with E-state index in [0.717, 1.165) is 5.76 Å². The standard InChI is InChI=1S/C19H22N4O3/c1-11-10-15(12(2)25-11)16-22-23-18(26-16)21-17(24)20-14-8-6-13(7-9-14)19(3,4)5/h6-10H,1-5H3,(H2,20,21,23,24). The molecule has 1 aromatic carbocycles. The number of rotatable bonds is 3. The minimum atomic E-state index is -0.455. The molecule has 2 N–H and O–H groups in total. The van der Waals surface area contributed by atoms with Crippen LogP contribution in [0.4, 0.5) is 16.5 Å². The van der Waals surface area contributed by atoms with E-state index < -0.39 is 6.03 Å². The summed E-state index contributed by atoms with van der Waals surface area (Å²) < 4.78 is 10.9. The van der Waals surface area contributed by atoms with Gasteiger partial charge in [0.15, 0.2) is 0 Å². The van der Waals surface area contributed by atoms with Crippen LogP contribution in [0.1, 0.15) is 37.9 Å². The molecule has 26 heavy (non-hydrogen) atoms. The molecule has 0 unspecified atom stereocenters. The van der Waals surface area contributed by atoms with E-state index in [1.165, 1.54) is 5.56 Å². The third kappa shape index (κ3) is 3.93. The Hall–Kier alpha value is -3.09. The second kappa shape index (κ2) is 6.67. The van der Waals surface area contributed by atoms with Gasteiger partial charge in [0.2, 0.25) is 0 Å². The fourth-order valence-corrected chi connectivity index (χ4v) is 2.54. The first-order valence-electron chi connectivity index (χ1n) is 8.32. The number of aromatic nitrogens is 2. The van der Waals surface area contributed by atoms with Gasteiger partial charge in [-0.25, -0.2) is 4.79 Å². The van der Waals surface area contributed by atoms with Gasteiger partial charge >= 0.3 is 12.0 Å². The van der Waals surface area contributed by atoms with E-state index in [1.54, 1.807) is 0 Å². The van der Waals surface area contributed by atoms with Crippen molar-refractivity contribution < 1.29 is 13.6 Å². The molecule has 0 saturated heterocycles. The highest BCUT2D eigenvalue weighted by atomic mass is 16.4. The van der Waals surface area contributed by atoms with Gasteiger partial charge in [0.25, 0.3) is 5.89 Å². The van der Waals surface area contributed by atoms with Crippen molar-refractivity contribution in [2.75, 3.05) is 10.6 Å². The van der Waals surface area contributed by atoms with Crippen LogP contribution >= 0.6 is 0 Å². The Morgan fingerprint density at radius 2 is 1.69 bits per heavy atom. The molecule has 3 aromatic rings. The molecule has 0 atom stereocenters. The van der Waals surface area contributed by atoms with Crippen molar-refractivity contribution in [2.45, 2.75) is 40.0 Å². The van der Waals surface area contributed by atoms with Crippen molar-refractivity contribution in [1.82, 2.24) is 10.2 Å². The van der Waals surface area contributed by atoms with Crippen molar-refractivity contribution >= 4 is 17.7 Å². The number of furan rings is 1. The quantitative estimate of drug-likeness (QED) is 0.698. The number of amides is 2. The molecular formula is C19H22N4O3. The maximum atomic E-state index is 12.1. The molecule has 136 valence electrons. The highest BCUT2D eigenvalue weighted by Gasteiger charge is 2.16. The topological polar surface area (TPSA) is 93.2 Å². The van der Waals surface area contributed by atoms with Crippen molar-refractivity contribution in [2.24, 2.45) is 0 Å². The van der Waals surface area contributed by atoms with Crippen LogP contribution in [0.15, 0.2) is 39.2 Å². The summed E-state index contributed by atoms with van der Waals surface area (Å²) in [7, 11) is 0. The van der Waals surface area contributed by atoms with Crippen LogP contribution < -0.4 is 10.6 Å². The van der Waals surface area contributed by atoms with Crippen LogP contribution in [0.5, 0.6) is 0 Å². The predicted molar refractivity (Wildman–Crippen MR) is 99.3 cm³/mol. The molecular weight excluding hydrogens is 332 g/mol. The van der Waals surface area contributed by atoms with E-state index >= 15 is 0 Å². The van der Waals surface area contributed by atoms with Crippen molar-refractivity contribution in [3.8, 4) is 11.5 Å². The summed E-state index contributed by atoms with van der Waals surface area (Å²) in [6.45, 7) is 10.1. The third-order valence-electron chi connectivity index (χ3n) is 3.93. The summed E-state index contributed by atoms with van der Waals surface area (Å²) in [4.78, 5) is 12.1. The predicted octanol–water partition coefficient (Wildman–Crippen LogP) is 4.89. The first-order chi connectivity index (χ1) is 12.2. The van der Waals surface area contributed by atoms with Gasteiger partial charge < -0.3 is 14.2 Å². The Labute approximate surface area is 151 Å². The maximum Gasteiger partial charge on any atom is 0.327 e. The van der Waals surface area contributed by atoms with E-state index in [4.69, 9.17) is 8.83 Å². The number of carbonyl (C=O) groups is 1. The van der Waals surface area contributed by atoms with Crippen LogP contribution in [-0.4, -0.2) is 16.2 Å². The summed E-state index contributed by atoms with van der Waals surface area (Å²) in [5.74, 6) is 1.73.